The Kier molecular flexibility index (Phi) is 8.42. The first-order chi connectivity index (χ1) is 21.2. The number of hydrogen-bond acceptors (Lipinski definition) is 6. The van der Waals surface area contributed by atoms with Crippen LogP contribution in [0.25, 0.3) is 44.2 Å². The molecule has 0 aliphatic carbocycles. The molecule has 5 aromatic rings. The van der Waals surface area contributed by atoms with Crippen molar-refractivity contribution < 1.29 is 19.0 Å². The van der Waals surface area contributed by atoms with E-state index in [-0.39, 0.29) is 18.1 Å². The molecule has 1 fully saturated rings. The van der Waals surface area contributed by atoms with E-state index in [4.69, 9.17) is 19.2 Å². The van der Waals surface area contributed by atoms with Crippen LogP contribution in [-0.4, -0.2) is 69.5 Å². The summed E-state index contributed by atoms with van der Waals surface area (Å²) < 4.78 is 17.1. The molecule has 0 unspecified atom stereocenters. The highest BCUT2D eigenvalue weighted by atomic mass is 16.6. The number of amides is 1. The fourth-order valence-electron chi connectivity index (χ4n) is 5.54. The molecule has 2 N–H and O–H groups in total. The molecular formula is C35H41N5O4. The van der Waals surface area contributed by atoms with Crippen LogP contribution in [-0.2, 0) is 14.2 Å². The van der Waals surface area contributed by atoms with E-state index in [0.717, 1.165) is 63.0 Å². The van der Waals surface area contributed by atoms with Gasteiger partial charge in [0.05, 0.1) is 42.7 Å². The van der Waals surface area contributed by atoms with Crippen molar-refractivity contribution in [3.63, 3.8) is 0 Å². The molecule has 1 aliphatic heterocycles. The van der Waals surface area contributed by atoms with Crippen LogP contribution >= 0.6 is 0 Å². The lowest BCUT2D eigenvalue weighted by molar-refractivity contribution is -0.0349. The standard InChI is InChI=1S/C35H41N5O4/c1-6-14-42-20-22(2)32-37-28-12-11-26(18-29(28)38-32)24-7-8-25-17-27(10-9-23(25)16-24)30-19-36-33(39-30)31-21-43-15-13-40(31)34(41)44-35(3,4)5/h7-12,16-19,22,31H,6,13-15,20-21H2,1-5H3,(H,36,39)(H,37,38)/t22-,31-/m0/s1. The average Bonchev–Trinajstić information content (AvgIpc) is 3.67. The quantitative estimate of drug-likeness (QED) is 0.179. The van der Waals surface area contributed by atoms with Crippen molar-refractivity contribution in [2.75, 3.05) is 33.0 Å². The van der Waals surface area contributed by atoms with Gasteiger partial charge in [-0.25, -0.2) is 14.8 Å². The number of fused-ring (bicyclic) bond motifs is 2. The maximum atomic E-state index is 12.9. The molecule has 0 spiro atoms. The number of H-pyrrole nitrogens is 2. The van der Waals surface area contributed by atoms with E-state index in [1.165, 1.54) is 0 Å². The van der Waals surface area contributed by atoms with Crippen LogP contribution in [0.2, 0.25) is 0 Å². The molecular weight excluding hydrogens is 554 g/mol. The van der Waals surface area contributed by atoms with Gasteiger partial charge in [-0.05, 0) is 73.4 Å². The predicted molar refractivity (Wildman–Crippen MR) is 173 cm³/mol. The minimum atomic E-state index is -0.573. The lowest BCUT2D eigenvalue weighted by atomic mass is 9.99. The monoisotopic (exact) mass is 595 g/mol. The summed E-state index contributed by atoms with van der Waals surface area (Å²) in [5, 5.41) is 2.28. The Morgan fingerprint density at radius 1 is 1.05 bits per heavy atom. The molecule has 6 rings (SSSR count). The molecule has 0 radical (unpaired) electrons. The molecule has 1 aliphatic rings. The number of nitrogens with zero attached hydrogens (tertiary/aromatic N) is 3. The van der Waals surface area contributed by atoms with Gasteiger partial charge in [0.25, 0.3) is 0 Å². The maximum absolute atomic E-state index is 12.9. The van der Waals surface area contributed by atoms with Crippen LogP contribution in [0.1, 0.15) is 64.6 Å². The van der Waals surface area contributed by atoms with Gasteiger partial charge in [-0.1, -0.05) is 44.2 Å². The number of aromatic amines is 2. The van der Waals surface area contributed by atoms with Gasteiger partial charge in [0.15, 0.2) is 0 Å². The van der Waals surface area contributed by atoms with E-state index in [0.29, 0.717) is 32.2 Å². The molecule has 0 bridgehead atoms. The smallest absolute Gasteiger partial charge is 0.411 e. The van der Waals surface area contributed by atoms with E-state index in [9.17, 15) is 4.79 Å². The number of imidazole rings is 2. The molecule has 1 saturated heterocycles. The van der Waals surface area contributed by atoms with Gasteiger partial charge in [-0.15, -0.1) is 0 Å². The molecule has 3 aromatic carbocycles. The summed E-state index contributed by atoms with van der Waals surface area (Å²) in [4.78, 5) is 30.9. The summed E-state index contributed by atoms with van der Waals surface area (Å²) in [5.41, 5.74) is 5.60. The summed E-state index contributed by atoms with van der Waals surface area (Å²) in [6.45, 7) is 12.6. The molecule has 2 aromatic heterocycles. The van der Waals surface area contributed by atoms with Crippen molar-refractivity contribution in [1.82, 2.24) is 24.8 Å². The predicted octanol–water partition coefficient (Wildman–Crippen LogP) is 7.61. The van der Waals surface area contributed by atoms with Gasteiger partial charge < -0.3 is 24.2 Å². The number of aromatic nitrogens is 4. The molecule has 230 valence electrons. The van der Waals surface area contributed by atoms with Crippen LogP contribution in [0.5, 0.6) is 0 Å². The molecule has 2 atom stereocenters. The fourth-order valence-corrected chi connectivity index (χ4v) is 5.54. The summed E-state index contributed by atoms with van der Waals surface area (Å²) in [6, 6.07) is 19.0. The maximum Gasteiger partial charge on any atom is 0.411 e. The molecule has 1 amide bonds. The summed E-state index contributed by atoms with van der Waals surface area (Å²) in [5.74, 6) is 1.84. The van der Waals surface area contributed by atoms with Crippen LogP contribution in [0.15, 0.2) is 60.8 Å². The van der Waals surface area contributed by atoms with Crippen LogP contribution in [0.3, 0.4) is 0 Å². The number of hydrogen-bond donors (Lipinski definition) is 2. The molecule has 9 nitrogen and oxygen atoms in total. The second-order valence-electron chi connectivity index (χ2n) is 12.6. The highest BCUT2D eigenvalue weighted by molar-refractivity contribution is 5.91. The Hall–Kier alpha value is -4.21. The fraction of sp³-hybridized carbons (Fsp3) is 0.400. The normalized spacial score (nSPS) is 16.5. The van der Waals surface area contributed by atoms with Crippen LogP contribution in [0, 0.1) is 0 Å². The third-order valence-electron chi connectivity index (χ3n) is 7.84. The number of carbonyl (C=O) groups is 1. The summed E-state index contributed by atoms with van der Waals surface area (Å²) >= 11 is 0. The summed E-state index contributed by atoms with van der Waals surface area (Å²) in [7, 11) is 0. The number of nitrogens with one attached hydrogen (secondary N) is 2. The summed E-state index contributed by atoms with van der Waals surface area (Å²) in [6.07, 6.45) is 2.47. The second-order valence-corrected chi connectivity index (χ2v) is 12.6. The first kappa shape index (κ1) is 29.8. The SMILES string of the molecule is CCCOC[C@H](C)c1nc2ccc(-c3ccc4cc(-c5cnc([C@@H]6COCCN6C(=O)OC(C)(C)C)[nH]5)ccc4c3)cc2[nH]1. The van der Waals surface area contributed by atoms with Crippen LogP contribution in [0.4, 0.5) is 4.79 Å². The zero-order valence-electron chi connectivity index (χ0n) is 26.1. The van der Waals surface area contributed by atoms with Crippen molar-refractivity contribution in [2.24, 2.45) is 0 Å². The van der Waals surface area contributed by atoms with E-state index in [1.54, 1.807) is 4.90 Å². The lowest BCUT2D eigenvalue weighted by Gasteiger charge is -2.35. The van der Waals surface area contributed by atoms with Crippen molar-refractivity contribution in [3.05, 3.63) is 72.4 Å². The molecule has 3 heterocycles. The topological polar surface area (TPSA) is 105 Å². The van der Waals surface area contributed by atoms with Crippen molar-refractivity contribution in [3.8, 4) is 22.4 Å². The molecule has 9 heteroatoms. The van der Waals surface area contributed by atoms with Gasteiger partial charge in [0.2, 0.25) is 0 Å². The van der Waals surface area contributed by atoms with Gasteiger partial charge in [0.1, 0.15) is 23.3 Å². The Morgan fingerprint density at radius 3 is 2.55 bits per heavy atom. The highest BCUT2D eigenvalue weighted by Crippen LogP contribution is 2.31. The van der Waals surface area contributed by atoms with Gasteiger partial charge in [-0.3, -0.25) is 4.90 Å². The number of benzene rings is 3. The molecule has 0 saturated carbocycles. The number of carbonyl (C=O) groups excluding carboxylic acids is 1. The van der Waals surface area contributed by atoms with E-state index in [2.05, 4.69) is 83.4 Å². The Balaban J connectivity index is 1.20. The van der Waals surface area contributed by atoms with Crippen LogP contribution < -0.4 is 0 Å². The third kappa shape index (κ3) is 6.49. The van der Waals surface area contributed by atoms with E-state index >= 15 is 0 Å². The Morgan fingerprint density at radius 2 is 1.77 bits per heavy atom. The largest absolute Gasteiger partial charge is 0.444 e. The van der Waals surface area contributed by atoms with E-state index < -0.39 is 5.60 Å². The zero-order chi connectivity index (χ0) is 30.8. The third-order valence-corrected chi connectivity index (χ3v) is 7.84. The van der Waals surface area contributed by atoms with Gasteiger partial charge in [0, 0.05) is 24.6 Å². The highest BCUT2D eigenvalue weighted by Gasteiger charge is 2.33. The molecule has 44 heavy (non-hydrogen) atoms. The minimum Gasteiger partial charge on any atom is -0.444 e. The number of ether oxygens (including phenoxy) is 3. The Labute approximate surface area is 257 Å². The first-order valence-electron chi connectivity index (χ1n) is 15.4. The number of rotatable bonds is 8. The second kappa shape index (κ2) is 12.4. The van der Waals surface area contributed by atoms with E-state index in [1.807, 2.05) is 27.0 Å². The van der Waals surface area contributed by atoms with Crippen molar-refractivity contribution in [2.45, 2.75) is 58.6 Å². The van der Waals surface area contributed by atoms with Crippen molar-refractivity contribution >= 4 is 27.9 Å². The van der Waals surface area contributed by atoms with Gasteiger partial charge in [-0.2, -0.15) is 0 Å². The zero-order valence-corrected chi connectivity index (χ0v) is 26.1. The minimum absolute atomic E-state index is 0.207. The lowest BCUT2D eigenvalue weighted by Crippen LogP contribution is -2.46. The Bertz CT molecular complexity index is 1770. The average molecular weight is 596 g/mol. The van der Waals surface area contributed by atoms with Gasteiger partial charge >= 0.3 is 6.09 Å². The number of morpholine rings is 1. The first-order valence-corrected chi connectivity index (χ1v) is 15.4. The van der Waals surface area contributed by atoms with Crippen molar-refractivity contribution in [1.29, 1.82) is 0 Å².